The molecule has 0 radical (unpaired) electrons. The molecule has 0 bridgehead atoms. The van der Waals surface area contributed by atoms with Crippen LogP contribution in [-0.2, 0) is 24.2 Å². The number of rotatable bonds is 3. The lowest BCUT2D eigenvalue weighted by atomic mass is 9.70. The molecule has 1 atom stereocenters. The summed E-state index contributed by atoms with van der Waals surface area (Å²) in [7, 11) is 0. The SMILES string of the molecule is O=C(c1ccc2c(c1)C[C@]1(CCNC1=O)CC2)N(O)Cc1ccc2ccccc2c1. The highest BCUT2D eigenvalue weighted by Crippen LogP contribution is 2.41. The summed E-state index contributed by atoms with van der Waals surface area (Å²) >= 11 is 0. The average molecular weight is 400 g/mol. The summed E-state index contributed by atoms with van der Waals surface area (Å²) in [6, 6.07) is 19.5. The molecule has 2 amide bonds. The van der Waals surface area contributed by atoms with Crippen LogP contribution in [0, 0.1) is 5.41 Å². The van der Waals surface area contributed by atoms with Gasteiger partial charge in [0.15, 0.2) is 0 Å². The lowest BCUT2D eigenvalue weighted by Crippen LogP contribution is -2.36. The van der Waals surface area contributed by atoms with E-state index in [2.05, 4.69) is 5.32 Å². The normalized spacial score (nSPS) is 20.2. The first kappa shape index (κ1) is 18.8. The van der Waals surface area contributed by atoms with Crippen molar-refractivity contribution in [1.82, 2.24) is 10.4 Å². The molecule has 2 N–H and O–H groups in total. The summed E-state index contributed by atoms with van der Waals surface area (Å²) in [6.45, 7) is 0.843. The van der Waals surface area contributed by atoms with Gasteiger partial charge in [0, 0.05) is 12.1 Å². The minimum Gasteiger partial charge on any atom is -0.356 e. The van der Waals surface area contributed by atoms with Gasteiger partial charge in [-0.3, -0.25) is 14.8 Å². The fourth-order valence-electron chi connectivity index (χ4n) is 4.85. The molecule has 2 aliphatic rings. The second kappa shape index (κ2) is 7.26. The van der Waals surface area contributed by atoms with E-state index in [4.69, 9.17) is 0 Å². The van der Waals surface area contributed by atoms with Crippen molar-refractivity contribution in [2.45, 2.75) is 32.2 Å². The predicted molar refractivity (Wildman–Crippen MR) is 114 cm³/mol. The number of hydrogen-bond acceptors (Lipinski definition) is 3. The third-order valence-electron chi connectivity index (χ3n) is 6.61. The molecule has 1 heterocycles. The predicted octanol–water partition coefficient (Wildman–Crippen LogP) is 3.87. The quantitative estimate of drug-likeness (QED) is 0.518. The van der Waals surface area contributed by atoms with Crippen molar-refractivity contribution in [2.24, 2.45) is 5.41 Å². The molecule has 1 fully saturated rings. The van der Waals surface area contributed by atoms with E-state index in [1.54, 1.807) is 6.07 Å². The van der Waals surface area contributed by atoms with E-state index in [-0.39, 0.29) is 17.9 Å². The maximum absolute atomic E-state index is 12.9. The van der Waals surface area contributed by atoms with Crippen molar-refractivity contribution < 1.29 is 14.8 Å². The Labute approximate surface area is 175 Å². The van der Waals surface area contributed by atoms with Crippen LogP contribution in [0.4, 0.5) is 0 Å². The molecule has 0 unspecified atom stereocenters. The van der Waals surface area contributed by atoms with Crippen LogP contribution in [0.2, 0.25) is 0 Å². The van der Waals surface area contributed by atoms with Crippen LogP contribution in [0.5, 0.6) is 0 Å². The zero-order valence-corrected chi connectivity index (χ0v) is 16.7. The molecular weight excluding hydrogens is 376 g/mol. The summed E-state index contributed by atoms with van der Waals surface area (Å²) in [5.74, 6) is -0.300. The zero-order valence-electron chi connectivity index (χ0n) is 16.7. The first-order valence-corrected chi connectivity index (χ1v) is 10.4. The third-order valence-corrected chi connectivity index (χ3v) is 6.61. The van der Waals surface area contributed by atoms with Crippen molar-refractivity contribution >= 4 is 22.6 Å². The molecule has 152 valence electrons. The van der Waals surface area contributed by atoms with Crippen molar-refractivity contribution in [1.29, 1.82) is 0 Å². The Kier molecular flexibility index (Phi) is 4.55. The molecule has 0 saturated carbocycles. The van der Waals surface area contributed by atoms with Gasteiger partial charge in [-0.1, -0.05) is 42.5 Å². The number of nitrogens with zero attached hydrogens (tertiary/aromatic N) is 1. The largest absolute Gasteiger partial charge is 0.356 e. The summed E-state index contributed by atoms with van der Waals surface area (Å²) in [4.78, 5) is 25.2. The minimum atomic E-state index is -0.429. The Balaban J connectivity index is 1.35. The van der Waals surface area contributed by atoms with Crippen LogP contribution in [0.1, 0.15) is 39.9 Å². The number of carbonyl (C=O) groups excluding carboxylic acids is 2. The molecule has 0 aromatic heterocycles. The van der Waals surface area contributed by atoms with Crippen molar-refractivity contribution in [2.75, 3.05) is 6.54 Å². The average Bonchev–Trinajstić information content (AvgIpc) is 3.11. The number of hydrogen-bond donors (Lipinski definition) is 2. The van der Waals surface area contributed by atoms with E-state index in [1.165, 1.54) is 5.56 Å². The summed E-state index contributed by atoms with van der Waals surface area (Å²) in [5, 5.41) is 16.4. The number of fused-ring (bicyclic) bond motifs is 2. The molecule has 3 aromatic rings. The molecule has 1 aliphatic carbocycles. The highest BCUT2D eigenvalue weighted by molar-refractivity contribution is 5.94. The highest BCUT2D eigenvalue weighted by Gasteiger charge is 2.44. The molecule has 5 heteroatoms. The monoisotopic (exact) mass is 400 g/mol. The van der Waals surface area contributed by atoms with Gasteiger partial charge in [-0.25, -0.2) is 5.06 Å². The third kappa shape index (κ3) is 3.25. The second-order valence-corrected chi connectivity index (χ2v) is 8.49. The Morgan fingerprint density at radius 2 is 1.83 bits per heavy atom. The van der Waals surface area contributed by atoms with E-state index < -0.39 is 5.91 Å². The van der Waals surface area contributed by atoms with E-state index >= 15 is 0 Å². The lowest BCUT2D eigenvalue weighted by Gasteiger charge is -2.32. The van der Waals surface area contributed by atoms with Crippen LogP contribution in [-0.4, -0.2) is 28.6 Å². The molecule has 5 rings (SSSR count). The number of hydroxylamine groups is 2. The van der Waals surface area contributed by atoms with E-state index in [1.807, 2.05) is 54.6 Å². The van der Waals surface area contributed by atoms with Gasteiger partial charge >= 0.3 is 0 Å². The standard InChI is InChI=1S/C25H24N2O3/c28-23(27(30)16-17-5-6-18-3-1-2-4-20(18)13-17)21-8-7-19-9-10-25(15-22(19)14-21)11-12-26-24(25)29/h1-8,13-14,30H,9-12,15-16H2,(H,26,29)/t25-/m1/s1. The first-order chi connectivity index (χ1) is 14.5. The summed E-state index contributed by atoms with van der Waals surface area (Å²) < 4.78 is 0. The zero-order chi connectivity index (χ0) is 20.7. The maximum atomic E-state index is 12.9. The van der Waals surface area contributed by atoms with Gasteiger partial charge in [0.05, 0.1) is 12.0 Å². The van der Waals surface area contributed by atoms with Crippen LogP contribution < -0.4 is 5.32 Å². The highest BCUT2D eigenvalue weighted by atomic mass is 16.5. The number of carbonyl (C=O) groups is 2. The Bertz CT molecular complexity index is 1160. The van der Waals surface area contributed by atoms with Gasteiger partial charge in [-0.05, 0) is 71.3 Å². The van der Waals surface area contributed by atoms with E-state index in [9.17, 15) is 14.8 Å². The maximum Gasteiger partial charge on any atom is 0.277 e. The molecule has 1 aliphatic heterocycles. The summed E-state index contributed by atoms with van der Waals surface area (Å²) in [5.41, 5.74) is 3.22. The van der Waals surface area contributed by atoms with E-state index in [0.29, 0.717) is 12.0 Å². The second-order valence-electron chi connectivity index (χ2n) is 8.49. The summed E-state index contributed by atoms with van der Waals surface area (Å²) in [6.07, 6.45) is 3.20. The van der Waals surface area contributed by atoms with Crippen molar-refractivity contribution in [3.63, 3.8) is 0 Å². The topological polar surface area (TPSA) is 69.6 Å². The van der Waals surface area contributed by atoms with Crippen molar-refractivity contribution in [3.8, 4) is 0 Å². The minimum absolute atomic E-state index is 0.118. The van der Waals surface area contributed by atoms with Crippen LogP contribution in [0.25, 0.3) is 10.8 Å². The fourth-order valence-corrected chi connectivity index (χ4v) is 4.85. The first-order valence-electron chi connectivity index (χ1n) is 10.4. The molecule has 3 aromatic carbocycles. The van der Waals surface area contributed by atoms with Gasteiger partial charge < -0.3 is 5.32 Å². The van der Waals surface area contributed by atoms with E-state index in [0.717, 1.165) is 52.8 Å². The number of nitrogens with one attached hydrogen (secondary N) is 1. The number of amides is 2. The van der Waals surface area contributed by atoms with Crippen LogP contribution in [0.3, 0.4) is 0 Å². The van der Waals surface area contributed by atoms with Crippen LogP contribution >= 0.6 is 0 Å². The van der Waals surface area contributed by atoms with Gasteiger partial charge in [-0.15, -0.1) is 0 Å². The van der Waals surface area contributed by atoms with Crippen LogP contribution in [0.15, 0.2) is 60.7 Å². The Morgan fingerprint density at radius 1 is 1.00 bits per heavy atom. The molecule has 1 saturated heterocycles. The molecular formula is C25H24N2O3. The van der Waals surface area contributed by atoms with Gasteiger partial charge in [0.1, 0.15) is 0 Å². The lowest BCUT2D eigenvalue weighted by molar-refractivity contribution is -0.128. The smallest absolute Gasteiger partial charge is 0.277 e. The Hall–Kier alpha value is -3.18. The van der Waals surface area contributed by atoms with Gasteiger partial charge in [-0.2, -0.15) is 0 Å². The van der Waals surface area contributed by atoms with Gasteiger partial charge in [0.25, 0.3) is 5.91 Å². The molecule has 30 heavy (non-hydrogen) atoms. The van der Waals surface area contributed by atoms with Crippen molar-refractivity contribution in [3.05, 3.63) is 82.9 Å². The molecule has 5 nitrogen and oxygen atoms in total. The number of aryl methyl sites for hydroxylation is 1. The number of benzene rings is 3. The fraction of sp³-hybridized carbons (Fsp3) is 0.280. The van der Waals surface area contributed by atoms with Gasteiger partial charge in [0.2, 0.25) is 5.91 Å². The molecule has 1 spiro atoms. The Morgan fingerprint density at radius 3 is 2.63 bits per heavy atom.